The second-order valence-electron chi connectivity index (χ2n) is 5.20. The molecule has 1 fully saturated rings. The molecule has 1 aromatic heterocycles. The average Bonchev–Trinajstić information content (AvgIpc) is 2.89. The van der Waals surface area contributed by atoms with Gasteiger partial charge in [-0.3, -0.25) is 4.98 Å². The molecular weight excluding hydrogens is 224 g/mol. The van der Waals surface area contributed by atoms with Crippen LogP contribution >= 0.6 is 0 Å². The van der Waals surface area contributed by atoms with Crippen molar-refractivity contribution >= 4 is 0 Å². The number of rotatable bonds is 5. The van der Waals surface area contributed by atoms with Crippen LogP contribution < -0.4 is 10.1 Å². The Balaban J connectivity index is 2.18. The van der Waals surface area contributed by atoms with Crippen LogP contribution in [0.2, 0.25) is 0 Å². The lowest BCUT2D eigenvalue weighted by atomic mass is 9.93. The molecule has 3 atom stereocenters. The molecule has 0 bridgehead atoms. The zero-order valence-corrected chi connectivity index (χ0v) is 11.6. The molecule has 0 amide bonds. The van der Waals surface area contributed by atoms with Crippen LogP contribution in [0.25, 0.3) is 0 Å². The van der Waals surface area contributed by atoms with Gasteiger partial charge in [-0.1, -0.05) is 19.8 Å². The number of pyridine rings is 1. The van der Waals surface area contributed by atoms with E-state index in [1.54, 1.807) is 7.11 Å². The SMILES string of the molecule is CCC1CCC(C(NC)c2ncccc2OC)C1. The first kappa shape index (κ1) is 13.3. The van der Waals surface area contributed by atoms with Crippen molar-refractivity contribution in [1.82, 2.24) is 10.3 Å². The van der Waals surface area contributed by atoms with E-state index < -0.39 is 0 Å². The van der Waals surface area contributed by atoms with Crippen LogP contribution in [0.15, 0.2) is 18.3 Å². The summed E-state index contributed by atoms with van der Waals surface area (Å²) in [5, 5.41) is 3.44. The van der Waals surface area contributed by atoms with Crippen molar-refractivity contribution in [2.24, 2.45) is 11.8 Å². The lowest BCUT2D eigenvalue weighted by Gasteiger charge is -2.24. The van der Waals surface area contributed by atoms with Crippen molar-refractivity contribution in [2.45, 2.75) is 38.6 Å². The Morgan fingerprint density at radius 3 is 2.94 bits per heavy atom. The Kier molecular flexibility index (Phi) is 4.59. The molecule has 1 N–H and O–H groups in total. The normalized spacial score (nSPS) is 25.1. The van der Waals surface area contributed by atoms with Gasteiger partial charge in [0.05, 0.1) is 18.8 Å². The summed E-state index contributed by atoms with van der Waals surface area (Å²) in [6, 6.07) is 4.25. The predicted octanol–water partition coefficient (Wildman–Crippen LogP) is 3.18. The van der Waals surface area contributed by atoms with Crippen molar-refractivity contribution in [3.05, 3.63) is 24.0 Å². The molecule has 1 heterocycles. The van der Waals surface area contributed by atoms with E-state index in [2.05, 4.69) is 17.2 Å². The predicted molar refractivity (Wildman–Crippen MR) is 73.7 cm³/mol. The third kappa shape index (κ3) is 2.66. The van der Waals surface area contributed by atoms with Crippen molar-refractivity contribution in [2.75, 3.05) is 14.2 Å². The zero-order chi connectivity index (χ0) is 13.0. The first-order valence-corrected chi connectivity index (χ1v) is 6.96. The number of nitrogens with one attached hydrogen (secondary N) is 1. The molecule has 0 aromatic carbocycles. The van der Waals surface area contributed by atoms with E-state index in [0.29, 0.717) is 12.0 Å². The van der Waals surface area contributed by atoms with Gasteiger partial charge in [-0.15, -0.1) is 0 Å². The molecule has 2 rings (SSSR count). The highest BCUT2D eigenvalue weighted by Crippen LogP contribution is 2.41. The molecule has 3 nitrogen and oxygen atoms in total. The molecule has 1 aromatic rings. The number of methoxy groups -OCH3 is 1. The zero-order valence-electron chi connectivity index (χ0n) is 11.6. The summed E-state index contributed by atoms with van der Waals surface area (Å²) < 4.78 is 5.44. The van der Waals surface area contributed by atoms with E-state index >= 15 is 0 Å². The van der Waals surface area contributed by atoms with Crippen molar-refractivity contribution < 1.29 is 4.74 Å². The second-order valence-corrected chi connectivity index (χ2v) is 5.20. The van der Waals surface area contributed by atoms with E-state index in [4.69, 9.17) is 4.74 Å². The van der Waals surface area contributed by atoms with E-state index in [9.17, 15) is 0 Å². The highest BCUT2D eigenvalue weighted by molar-refractivity contribution is 5.30. The second kappa shape index (κ2) is 6.19. The quantitative estimate of drug-likeness (QED) is 0.869. The maximum atomic E-state index is 5.44. The minimum absolute atomic E-state index is 0.317. The molecule has 0 aliphatic heterocycles. The molecule has 18 heavy (non-hydrogen) atoms. The number of hydrogen-bond acceptors (Lipinski definition) is 3. The summed E-state index contributed by atoms with van der Waals surface area (Å²) in [7, 11) is 3.74. The summed E-state index contributed by atoms with van der Waals surface area (Å²) in [5.41, 5.74) is 1.06. The van der Waals surface area contributed by atoms with Crippen molar-refractivity contribution in [3.8, 4) is 5.75 Å². The summed E-state index contributed by atoms with van der Waals surface area (Å²) in [5.74, 6) is 2.47. The Labute approximate surface area is 110 Å². The molecular formula is C15H24N2O. The molecule has 1 aliphatic rings. The lowest BCUT2D eigenvalue weighted by molar-refractivity contribution is 0.342. The highest BCUT2D eigenvalue weighted by Gasteiger charge is 2.32. The van der Waals surface area contributed by atoms with Gasteiger partial charge in [0.2, 0.25) is 0 Å². The maximum Gasteiger partial charge on any atom is 0.141 e. The first-order chi connectivity index (χ1) is 8.80. The number of nitrogens with zero attached hydrogens (tertiary/aromatic N) is 1. The molecule has 0 radical (unpaired) electrons. The smallest absolute Gasteiger partial charge is 0.141 e. The van der Waals surface area contributed by atoms with E-state index in [0.717, 1.165) is 17.4 Å². The fourth-order valence-corrected chi connectivity index (χ4v) is 3.19. The molecule has 100 valence electrons. The monoisotopic (exact) mass is 248 g/mol. The van der Waals surface area contributed by atoms with Crippen LogP contribution in [0, 0.1) is 11.8 Å². The lowest BCUT2D eigenvalue weighted by Crippen LogP contribution is -2.25. The summed E-state index contributed by atoms with van der Waals surface area (Å²) in [4.78, 5) is 4.53. The Hall–Kier alpha value is -1.09. The van der Waals surface area contributed by atoms with Gasteiger partial charge in [0.1, 0.15) is 5.75 Å². The van der Waals surface area contributed by atoms with E-state index in [1.807, 2.05) is 25.4 Å². The van der Waals surface area contributed by atoms with Crippen molar-refractivity contribution in [3.63, 3.8) is 0 Å². The standard InChI is InChI=1S/C15H24N2O/c1-4-11-7-8-12(10-11)14(16-2)15-13(18-3)6-5-9-17-15/h5-6,9,11-12,14,16H,4,7-8,10H2,1-3H3. The van der Waals surface area contributed by atoms with Gasteiger partial charge in [-0.2, -0.15) is 0 Å². The van der Waals surface area contributed by atoms with Gasteiger partial charge in [0.25, 0.3) is 0 Å². The summed E-state index contributed by atoms with van der Waals surface area (Å²) in [6.45, 7) is 2.29. The van der Waals surface area contributed by atoms with E-state index in [1.165, 1.54) is 25.7 Å². The number of ether oxygens (including phenoxy) is 1. The highest BCUT2D eigenvalue weighted by atomic mass is 16.5. The molecule has 1 saturated carbocycles. The number of hydrogen-bond donors (Lipinski definition) is 1. The molecule has 3 unspecified atom stereocenters. The third-order valence-electron chi connectivity index (χ3n) is 4.26. The summed E-state index contributed by atoms with van der Waals surface area (Å²) >= 11 is 0. The molecule has 3 heteroatoms. The fourth-order valence-electron chi connectivity index (χ4n) is 3.19. The number of aromatic nitrogens is 1. The molecule has 1 aliphatic carbocycles. The maximum absolute atomic E-state index is 5.44. The van der Waals surface area contributed by atoms with Gasteiger partial charge >= 0.3 is 0 Å². The van der Waals surface area contributed by atoms with Gasteiger partial charge in [0, 0.05) is 6.20 Å². The largest absolute Gasteiger partial charge is 0.495 e. The molecule has 0 spiro atoms. The average molecular weight is 248 g/mol. The van der Waals surface area contributed by atoms with Crippen LogP contribution in [0.3, 0.4) is 0 Å². The topological polar surface area (TPSA) is 34.2 Å². The van der Waals surface area contributed by atoms with Gasteiger partial charge < -0.3 is 10.1 Å². The Bertz CT molecular complexity index is 381. The Morgan fingerprint density at radius 1 is 1.50 bits per heavy atom. The minimum atomic E-state index is 0.317. The Morgan fingerprint density at radius 2 is 2.33 bits per heavy atom. The summed E-state index contributed by atoms with van der Waals surface area (Å²) in [6.07, 6.45) is 7.11. The van der Waals surface area contributed by atoms with E-state index in [-0.39, 0.29) is 0 Å². The van der Waals surface area contributed by atoms with Crippen LogP contribution in [-0.2, 0) is 0 Å². The van der Waals surface area contributed by atoms with Gasteiger partial charge in [0.15, 0.2) is 0 Å². The van der Waals surface area contributed by atoms with Gasteiger partial charge in [-0.05, 0) is 43.9 Å². The van der Waals surface area contributed by atoms with Gasteiger partial charge in [-0.25, -0.2) is 0 Å². The first-order valence-electron chi connectivity index (χ1n) is 6.96. The van der Waals surface area contributed by atoms with Crippen LogP contribution in [0.1, 0.15) is 44.3 Å². The van der Waals surface area contributed by atoms with Crippen LogP contribution in [-0.4, -0.2) is 19.1 Å². The van der Waals surface area contributed by atoms with Crippen molar-refractivity contribution in [1.29, 1.82) is 0 Å². The third-order valence-corrected chi connectivity index (χ3v) is 4.26. The fraction of sp³-hybridized carbons (Fsp3) is 0.667. The molecule has 0 saturated heterocycles. The van der Waals surface area contributed by atoms with Crippen LogP contribution in [0.5, 0.6) is 5.75 Å². The minimum Gasteiger partial charge on any atom is -0.495 e. The van der Waals surface area contributed by atoms with Crippen LogP contribution in [0.4, 0.5) is 0 Å².